The monoisotopic (exact) mass is 434 g/mol. The van der Waals surface area contributed by atoms with E-state index in [1.54, 1.807) is 36.4 Å². The van der Waals surface area contributed by atoms with E-state index < -0.39 is 23.5 Å². The van der Waals surface area contributed by atoms with Crippen LogP contribution in [0.3, 0.4) is 0 Å². The van der Waals surface area contributed by atoms with Crippen LogP contribution in [-0.2, 0) is 14.3 Å². The van der Waals surface area contributed by atoms with Gasteiger partial charge in [-0.15, -0.1) is 0 Å². The predicted octanol–water partition coefficient (Wildman–Crippen LogP) is 5.09. The van der Waals surface area contributed by atoms with Gasteiger partial charge in [-0.3, -0.25) is 5.32 Å². The van der Waals surface area contributed by atoms with Crippen LogP contribution in [-0.4, -0.2) is 24.7 Å². The number of carbonyl (C=O) groups excluding carboxylic acids is 2. The number of carbonyl (C=O) groups is 2. The van der Waals surface area contributed by atoms with Crippen LogP contribution in [0.2, 0.25) is 10.0 Å². The molecule has 6 nitrogen and oxygen atoms in total. The van der Waals surface area contributed by atoms with E-state index in [1.165, 1.54) is 7.11 Å². The Labute approximate surface area is 178 Å². The number of anilines is 1. The lowest BCUT2D eigenvalue weighted by molar-refractivity contribution is -0.136. The summed E-state index contributed by atoms with van der Waals surface area (Å²) >= 11 is 11.8. The molecule has 0 saturated carbocycles. The maximum atomic E-state index is 12.6. The van der Waals surface area contributed by atoms with Gasteiger partial charge < -0.3 is 14.8 Å². The molecule has 1 aliphatic heterocycles. The number of amides is 2. The number of methoxy groups -OCH3 is 1. The van der Waals surface area contributed by atoms with Crippen LogP contribution in [0.15, 0.2) is 60.0 Å². The zero-order valence-electron chi connectivity index (χ0n) is 16.1. The first-order valence-corrected chi connectivity index (χ1v) is 9.57. The second-order valence-corrected chi connectivity index (χ2v) is 7.88. The number of ether oxygens (including phenoxy) is 2. The fraction of sp³-hybridized carbons (Fsp3) is 0.238. The molecule has 0 aromatic heterocycles. The van der Waals surface area contributed by atoms with Crippen LogP contribution in [0.4, 0.5) is 10.5 Å². The maximum absolute atomic E-state index is 12.6. The SMILES string of the molecule is COC(=O)C1=C(NC(=O)Nc2ccc(Cl)cc2)OC(C)(C)[C@H]1c1ccc(Cl)cc1. The average molecular weight is 435 g/mol. The first-order valence-electron chi connectivity index (χ1n) is 8.82. The smallest absolute Gasteiger partial charge is 0.339 e. The maximum Gasteiger partial charge on any atom is 0.339 e. The first kappa shape index (κ1) is 21.0. The summed E-state index contributed by atoms with van der Waals surface area (Å²) in [7, 11) is 1.28. The lowest BCUT2D eigenvalue weighted by Gasteiger charge is -2.28. The molecule has 0 fully saturated rings. The number of hydrogen-bond donors (Lipinski definition) is 2. The molecule has 29 heavy (non-hydrogen) atoms. The van der Waals surface area contributed by atoms with Gasteiger partial charge in [0.25, 0.3) is 0 Å². The van der Waals surface area contributed by atoms with Gasteiger partial charge in [0.05, 0.1) is 13.0 Å². The summed E-state index contributed by atoms with van der Waals surface area (Å²) in [6.07, 6.45) is 0. The Morgan fingerprint density at radius 1 is 0.966 bits per heavy atom. The summed E-state index contributed by atoms with van der Waals surface area (Å²) in [5.41, 5.74) is 0.777. The number of nitrogens with one attached hydrogen (secondary N) is 2. The van der Waals surface area contributed by atoms with Gasteiger partial charge in [-0.25, -0.2) is 9.59 Å². The van der Waals surface area contributed by atoms with E-state index in [0.717, 1.165) is 5.56 Å². The minimum absolute atomic E-state index is 0.0493. The number of benzene rings is 2. The lowest BCUT2D eigenvalue weighted by Crippen LogP contribution is -2.32. The Bertz CT molecular complexity index is 954. The quantitative estimate of drug-likeness (QED) is 0.656. The normalized spacial score (nSPS) is 17.5. The number of rotatable bonds is 4. The van der Waals surface area contributed by atoms with Gasteiger partial charge in [0.15, 0.2) is 0 Å². The van der Waals surface area contributed by atoms with Gasteiger partial charge >= 0.3 is 12.0 Å². The number of urea groups is 1. The summed E-state index contributed by atoms with van der Waals surface area (Å²) in [5, 5.41) is 6.42. The van der Waals surface area contributed by atoms with Crippen molar-refractivity contribution in [3.8, 4) is 0 Å². The number of halogens is 2. The third-order valence-corrected chi connectivity index (χ3v) is 5.04. The molecule has 3 rings (SSSR count). The molecule has 2 N–H and O–H groups in total. The van der Waals surface area contributed by atoms with Gasteiger partial charge in [0.2, 0.25) is 5.88 Å². The Hall–Kier alpha value is -2.70. The Kier molecular flexibility index (Phi) is 6.05. The lowest BCUT2D eigenvalue weighted by atomic mass is 9.81. The van der Waals surface area contributed by atoms with E-state index in [9.17, 15) is 9.59 Å². The molecule has 152 valence electrons. The van der Waals surface area contributed by atoms with Crippen molar-refractivity contribution in [3.63, 3.8) is 0 Å². The molecule has 0 aliphatic carbocycles. The summed E-state index contributed by atoms with van der Waals surface area (Å²) in [5.74, 6) is -0.997. The molecule has 0 saturated heterocycles. The van der Waals surface area contributed by atoms with E-state index >= 15 is 0 Å². The standard InChI is InChI=1S/C21H20Cl2N2O4/c1-21(2)17(12-4-6-13(22)7-5-12)16(19(26)28-3)18(29-21)25-20(27)24-15-10-8-14(23)9-11-15/h4-11,17H,1-3H3,(H2,24,25,27)/t17-/m0/s1. The van der Waals surface area contributed by atoms with E-state index in [4.69, 9.17) is 32.7 Å². The summed E-state index contributed by atoms with van der Waals surface area (Å²) in [6.45, 7) is 3.67. The van der Waals surface area contributed by atoms with Gasteiger partial charge in [0.1, 0.15) is 11.2 Å². The van der Waals surface area contributed by atoms with Crippen molar-refractivity contribution in [2.45, 2.75) is 25.4 Å². The van der Waals surface area contributed by atoms with Gasteiger partial charge in [0, 0.05) is 15.7 Å². The minimum Gasteiger partial charge on any atom is -0.471 e. The van der Waals surface area contributed by atoms with Gasteiger partial charge in [-0.2, -0.15) is 0 Å². The minimum atomic E-state index is -0.805. The molecule has 1 aliphatic rings. The first-order chi connectivity index (χ1) is 13.7. The number of esters is 1. The highest BCUT2D eigenvalue weighted by atomic mass is 35.5. The van der Waals surface area contributed by atoms with Crippen molar-refractivity contribution in [3.05, 3.63) is 75.6 Å². The zero-order valence-corrected chi connectivity index (χ0v) is 17.6. The van der Waals surface area contributed by atoms with Crippen molar-refractivity contribution in [1.82, 2.24) is 5.32 Å². The van der Waals surface area contributed by atoms with Crippen molar-refractivity contribution in [2.75, 3.05) is 12.4 Å². The molecule has 2 aromatic rings. The highest BCUT2D eigenvalue weighted by Gasteiger charge is 2.48. The summed E-state index contributed by atoms with van der Waals surface area (Å²) in [6, 6.07) is 13.2. The van der Waals surface area contributed by atoms with Crippen LogP contribution in [0.5, 0.6) is 0 Å². The van der Waals surface area contributed by atoms with E-state index in [2.05, 4.69) is 10.6 Å². The van der Waals surface area contributed by atoms with Crippen LogP contribution in [0, 0.1) is 0 Å². The molecule has 2 amide bonds. The molecule has 1 heterocycles. The van der Waals surface area contributed by atoms with Crippen molar-refractivity contribution < 1.29 is 19.1 Å². The molecule has 8 heteroatoms. The summed E-state index contributed by atoms with van der Waals surface area (Å²) < 4.78 is 10.9. The van der Waals surface area contributed by atoms with Gasteiger partial charge in [-0.05, 0) is 55.8 Å². The highest BCUT2D eigenvalue weighted by molar-refractivity contribution is 6.30. The fourth-order valence-electron chi connectivity index (χ4n) is 3.29. The van der Waals surface area contributed by atoms with Crippen molar-refractivity contribution in [1.29, 1.82) is 0 Å². The van der Waals surface area contributed by atoms with Crippen LogP contribution in [0.1, 0.15) is 25.3 Å². The van der Waals surface area contributed by atoms with Crippen LogP contribution >= 0.6 is 23.2 Å². The van der Waals surface area contributed by atoms with Crippen molar-refractivity contribution in [2.24, 2.45) is 0 Å². The third-order valence-electron chi connectivity index (χ3n) is 4.53. The largest absolute Gasteiger partial charge is 0.471 e. The molecule has 2 aromatic carbocycles. The molecule has 0 bridgehead atoms. The van der Waals surface area contributed by atoms with Gasteiger partial charge in [-0.1, -0.05) is 35.3 Å². The van der Waals surface area contributed by atoms with E-state index in [1.807, 2.05) is 26.0 Å². The Balaban J connectivity index is 1.91. The molecular weight excluding hydrogens is 415 g/mol. The summed E-state index contributed by atoms with van der Waals surface area (Å²) in [4.78, 5) is 25.0. The van der Waals surface area contributed by atoms with E-state index in [0.29, 0.717) is 15.7 Å². The van der Waals surface area contributed by atoms with E-state index in [-0.39, 0.29) is 11.5 Å². The van der Waals surface area contributed by atoms with Crippen LogP contribution in [0.25, 0.3) is 0 Å². The molecule has 0 radical (unpaired) electrons. The molecule has 0 spiro atoms. The topological polar surface area (TPSA) is 76.7 Å². The molecular formula is C21H20Cl2N2O4. The Morgan fingerprint density at radius 3 is 2.07 bits per heavy atom. The predicted molar refractivity (Wildman–Crippen MR) is 112 cm³/mol. The Morgan fingerprint density at radius 2 is 1.52 bits per heavy atom. The second kappa shape index (κ2) is 8.35. The molecule has 0 unspecified atom stereocenters. The van der Waals surface area contributed by atoms with Crippen molar-refractivity contribution >= 4 is 40.9 Å². The molecule has 1 atom stereocenters. The third kappa shape index (κ3) is 4.66. The van der Waals surface area contributed by atoms with Crippen LogP contribution < -0.4 is 10.6 Å². The number of hydrogen-bond acceptors (Lipinski definition) is 4. The zero-order chi connectivity index (χ0) is 21.2. The highest BCUT2D eigenvalue weighted by Crippen LogP contribution is 2.45. The fourth-order valence-corrected chi connectivity index (χ4v) is 3.54. The second-order valence-electron chi connectivity index (χ2n) is 7.01. The average Bonchev–Trinajstić information content (AvgIpc) is 2.93.